The summed E-state index contributed by atoms with van der Waals surface area (Å²) in [7, 11) is 0. The first kappa shape index (κ1) is 25.3. The number of aliphatic hydroxyl groups is 2. The van der Waals surface area contributed by atoms with Crippen molar-refractivity contribution in [1.29, 1.82) is 0 Å². The smallest absolute Gasteiger partial charge is 0.226 e. The summed E-state index contributed by atoms with van der Waals surface area (Å²) >= 11 is 1.54. The van der Waals surface area contributed by atoms with E-state index in [4.69, 9.17) is 0 Å². The van der Waals surface area contributed by atoms with Crippen molar-refractivity contribution in [3.63, 3.8) is 0 Å². The molecule has 0 aliphatic heterocycles. The van der Waals surface area contributed by atoms with Gasteiger partial charge in [-0.15, -0.1) is 5.10 Å². The predicted molar refractivity (Wildman–Crippen MR) is 133 cm³/mol. The van der Waals surface area contributed by atoms with E-state index in [0.717, 1.165) is 37.1 Å². The molecule has 12 heteroatoms. The van der Waals surface area contributed by atoms with Crippen molar-refractivity contribution in [1.82, 2.24) is 35.3 Å². The maximum absolute atomic E-state index is 12.8. The van der Waals surface area contributed by atoms with Gasteiger partial charge in [0.1, 0.15) is 6.10 Å². The molecule has 0 bridgehead atoms. The van der Waals surface area contributed by atoms with Gasteiger partial charge in [-0.1, -0.05) is 43.3 Å². The summed E-state index contributed by atoms with van der Waals surface area (Å²) in [5, 5.41) is 36.9. The molecule has 0 unspecified atom stereocenters. The van der Waals surface area contributed by atoms with Gasteiger partial charge in [0.05, 0.1) is 18.1 Å². The fourth-order valence-electron chi connectivity index (χ4n) is 4.13. The molecule has 3 heterocycles. The number of hydrogen-bond acceptors (Lipinski definition) is 10. The Labute approximate surface area is 208 Å². The standard InChI is InChI=1S/C23H32N8O3S/c1-3-5-9-25-20-17-21(28-23(27-20)35-10-4-2)31(30-29-17)16-11-15(18(32)19(16)33)22(34)26-13-14-7-6-8-24-12-14/h6-8,12,15-16,18-19,32-33H,3-5,9-11,13H2,1-2H3,(H,26,34)(H,25,27,28)/t15-,16+,18+,19-/m0/s1. The van der Waals surface area contributed by atoms with E-state index in [2.05, 4.69) is 49.7 Å². The van der Waals surface area contributed by atoms with Crippen LogP contribution >= 0.6 is 11.8 Å². The summed E-state index contributed by atoms with van der Waals surface area (Å²) in [6.45, 7) is 5.25. The third-order valence-corrected chi connectivity index (χ3v) is 7.11. The van der Waals surface area contributed by atoms with Crippen LogP contribution in [0.5, 0.6) is 0 Å². The van der Waals surface area contributed by atoms with Crippen molar-refractivity contribution < 1.29 is 15.0 Å². The zero-order valence-corrected chi connectivity index (χ0v) is 20.8. The molecule has 4 atom stereocenters. The third-order valence-electron chi connectivity index (χ3n) is 6.05. The highest BCUT2D eigenvalue weighted by Gasteiger charge is 2.47. The second-order valence-electron chi connectivity index (χ2n) is 8.66. The van der Waals surface area contributed by atoms with Crippen molar-refractivity contribution >= 4 is 34.7 Å². The van der Waals surface area contributed by atoms with Crippen LogP contribution in [0.3, 0.4) is 0 Å². The fraction of sp³-hybridized carbons (Fsp3) is 0.565. The topological polar surface area (TPSA) is 151 Å². The molecule has 4 N–H and O–H groups in total. The van der Waals surface area contributed by atoms with Gasteiger partial charge >= 0.3 is 0 Å². The van der Waals surface area contributed by atoms with E-state index >= 15 is 0 Å². The van der Waals surface area contributed by atoms with Crippen LogP contribution in [0.15, 0.2) is 29.7 Å². The highest BCUT2D eigenvalue weighted by Crippen LogP contribution is 2.37. The van der Waals surface area contributed by atoms with Crippen LogP contribution in [0.1, 0.15) is 51.1 Å². The zero-order valence-electron chi connectivity index (χ0n) is 20.0. The minimum Gasteiger partial charge on any atom is -0.390 e. The Balaban J connectivity index is 1.56. The Morgan fingerprint density at radius 2 is 2.09 bits per heavy atom. The lowest BCUT2D eigenvalue weighted by Gasteiger charge is -2.17. The molecular formula is C23H32N8O3S. The number of pyridine rings is 1. The van der Waals surface area contributed by atoms with Crippen LogP contribution in [0, 0.1) is 5.92 Å². The number of aliphatic hydroxyl groups excluding tert-OH is 2. The Hall–Kier alpha value is -2.83. The minimum atomic E-state index is -1.23. The Morgan fingerprint density at radius 1 is 1.23 bits per heavy atom. The van der Waals surface area contributed by atoms with E-state index in [1.165, 1.54) is 4.68 Å². The van der Waals surface area contributed by atoms with Crippen LogP contribution in [-0.2, 0) is 11.3 Å². The Kier molecular flexibility index (Phi) is 8.47. The van der Waals surface area contributed by atoms with E-state index < -0.39 is 24.2 Å². The zero-order chi connectivity index (χ0) is 24.8. The fourth-order valence-corrected chi connectivity index (χ4v) is 4.83. The Bertz CT molecular complexity index is 1130. The average molecular weight is 501 g/mol. The average Bonchev–Trinajstić information content (AvgIpc) is 3.42. The molecule has 3 aromatic heterocycles. The SMILES string of the molecule is CCCCNc1nc(SCCC)nc2c1nnn2[C@@H]1C[C@H](C(=O)NCc2cccnc2)[C@@H](O)[C@H]1O. The summed E-state index contributed by atoms with van der Waals surface area (Å²) in [5.41, 5.74) is 1.84. The lowest BCUT2D eigenvalue weighted by molar-refractivity contribution is -0.129. The molecule has 0 saturated heterocycles. The molecule has 0 radical (unpaired) electrons. The molecule has 11 nitrogen and oxygen atoms in total. The largest absolute Gasteiger partial charge is 0.390 e. The van der Waals surface area contributed by atoms with E-state index in [0.29, 0.717) is 28.7 Å². The number of amides is 1. The monoisotopic (exact) mass is 500 g/mol. The van der Waals surface area contributed by atoms with Gasteiger partial charge < -0.3 is 20.8 Å². The molecule has 1 fully saturated rings. The number of fused-ring (bicyclic) bond motifs is 1. The van der Waals surface area contributed by atoms with E-state index in [9.17, 15) is 15.0 Å². The molecule has 35 heavy (non-hydrogen) atoms. The van der Waals surface area contributed by atoms with Crippen LogP contribution in [0.25, 0.3) is 11.2 Å². The van der Waals surface area contributed by atoms with Crippen molar-refractivity contribution in [3.8, 4) is 0 Å². The van der Waals surface area contributed by atoms with Crippen LogP contribution < -0.4 is 10.6 Å². The highest BCUT2D eigenvalue weighted by molar-refractivity contribution is 7.99. The normalized spacial score (nSPS) is 21.9. The number of carbonyl (C=O) groups is 1. The van der Waals surface area contributed by atoms with Gasteiger partial charge in [0, 0.05) is 31.2 Å². The van der Waals surface area contributed by atoms with Crippen molar-refractivity contribution in [2.75, 3.05) is 17.6 Å². The first-order chi connectivity index (χ1) is 17.0. The first-order valence-electron chi connectivity index (χ1n) is 12.1. The molecule has 0 spiro atoms. The van der Waals surface area contributed by atoms with Gasteiger partial charge in [0.15, 0.2) is 22.1 Å². The second kappa shape index (κ2) is 11.7. The van der Waals surface area contributed by atoms with Crippen LogP contribution in [-0.4, -0.2) is 70.6 Å². The van der Waals surface area contributed by atoms with Gasteiger partial charge in [-0.05, 0) is 30.9 Å². The summed E-state index contributed by atoms with van der Waals surface area (Å²) in [4.78, 5) is 26.2. The summed E-state index contributed by atoms with van der Waals surface area (Å²) in [5.74, 6) is 0.352. The molecule has 4 rings (SSSR count). The maximum Gasteiger partial charge on any atom is 0.226 e. The third kappa shape index (κ3) is 5.71. The van der Waals surface area contributed by atoms with Gasteiger partial charge in [0.2, 0.25) is 5.91 Å². The maximum atomic E-state index is 12.8. The van der Waals surface area contributed by atoms with Gasteiger partial charge in [-0.2, -0.15) is 0 Å². The number of carbonyl (C=O) groups excluding carboxylic acids is 1. The lowest BCUT2D eigenvalue weighted by Crippen LogP contribution is -2.38. The quantitative estimate of drug-likeness (QED) is 0.175. The molecule has 3 aromatic rings. The number of rotatable bonds is 11. The van der Waals surface area contributed by atoms with Crippen LogP contribution in [0.2, 0.25) is 0 Å². The number of unbranched alkanes of at least 4 members (excludes halogenated alkanes) is 1. The summed E-state index contributed by atoms with van der Waals surface area (Å²) in [6, 6.07) is 3.01. The molecular weight excluding hydrogens is 468 g/mol. The van der Waals surface area contributed by atoms with E-state index in [-0.39, 0.29) is 12.3 Å². The highest BCUT2D eigenvalue weighted by atomic mass is 32.2. The van der Waals surface area contributed by atoms with Crippen LogP contribution in [0.4, 0.5) is 5.82 Å². The number of anilines is 1. The number of aromatic nitrogens is 6. The van der Waals surface area contributed by atoms with Gasteiger partial charge in [-0.3, -0.25) is 9.78 Å². The Morgan fingerprint density at radius 3 is 2.83 bits per heavy atom. The van der Waals surface area contributed by atoms with E-state index in [1.54, 1.807) is 30.2 Å². The predicted octanol–water partition coefficient (Wildman–Crippen LogP) is 1.93. The minimum absolute atomic E-state index is 0.208. The molecule has 1 saturated carbocycles. The first-order valence-corrected chi connectivity index (χ1v) is 13.0. The van der Waals surface area contributed by atoms with Crippen molar-refractivity contribution in [2.24, 2.45) is 5.92 Å². The molecule has 1 aliphatic rings. The molecule has 188 valence electrons. The number of thioether (sulfide) groups is 1. The lowest BCUT2D eigenvalue weighted by atomic mass is 10.0. The number of hydrogen-bond donors (Lipinski definition) is 4. The van der Waals surface area contributed by atoms with E-state index in [1.807, 2.05) is 6.07 Å². The molecule has 0 aromatic carbocycles. The molecule has 1 amide bonds. The van der Waals surface area contributed by atoms with Crippen molar-refractivity contribution in [2.45, 2.75) is 69.5 Å². The number of nitrogens with one attached hydrogen (secondary N) is 2. The molecule has 1 aliphatic carbocycles. The van der Waals surface area contributed by atoms with Gasteiger partial charge in [-0.25, -0.2) is 14.6 Å². The number of nitrogens with zero attached hydrogens (tertiary/aromatic N) is 6. The summed E-state index contributed by atoms with van der Waals surface area (Å²) in [6.07, 6.45) is 4.13. The second-order valence-corrected chi connectivity index (χ2v) is 9.72. The van der Waals surface area contributed by atoms with Gasteiger partial charge in [0.25, 0.3) is 0 Å². The summed E-state index contributed by atoms with van der Waals surface area (Å²) < 4.78 is 1.53. The van der Waals surface area contributed by atoms with Crippen molar-refractivity contribution in [3.05, 3.63) is 30.1 Å².